The first-order valence-corrected chi connectivity index (χ1v) is 10.7. The Morgan fingerprint density at radius 1 is 0.970 bits per heavy atom. The van der Waals surface area contributed by atoms with Gasteiger partial charge in [-0.05, 0) is 61.2 Å². The van der Waals surface area contributed by atoms with E-state index in [1.54, 1.807) is 11.0 Å². The highest BCUT2D eigenvalue weighted by Crippen LogP contribution is 2.36. The number of halogens is 4. The average Bonchev–Trinajstić information content (AvgIpc) is 2.76. The Morgan fingerprint density at radius 3 is 2.12 bits per heavy atom. The summed E-state index contributed by atoms with van der Waals surface area (Å²) in [7, 11) is 0. The number of anilines is 1. The largest absolute Gasteiger partial charge is 0.452 e. The van der Waals surface area contributed by atoms with Crippen molar-refractivity contribution in [2.45, 2.75) is 17.3 Å². The van der Waals surface area contributed by atoms with E-state index in [2.05, 4.69) is 0 Å². The van der Waals surface area contributed by atoms with Crippen LogP contribution in [-0.4, -0.2) is 60.9 Å². The monoisotopic (exact) mass is 484 g/mol. The molecule has 2 aromatic carbocycles. The van der Waals surface area contributed by atoms with Crippen LogP contribution in [0.5, 0.6) is 0 Å². The summed E-state index contributed by atoms with van der Waals surface area (Å²) in [5.41, 5.74) is -3.78. The standard InChI is InChI=1S/C22H20F4N2O4S/c1-14(29)16-4-7-19(18(23)12-16)27-8-10-28(11-9-27)20(30)13-32-21(31)15-2-5-17(6-3-15)33-22(24,25)26/h2-7,12H,8-11,13H2,1H3. The fourth-order valence-corrected chi connectivity index (χ4v) is 3.81. The average molecular weight is 484 g/mol. The van der Waals surface area contributed by atoms with E-state index in [1.807, 2.05) is 0 Å². The van der Waals surface area contributed by atoms with Gasteiger partial charge in [0.1, 0.15) is 5.82 Å². The van der Waals surface area contributed by atoms with Crippen LogP contribution in [-0.2, 0) is 9.53 Å². The van der Waals surface area contributed by atoms with E-state index in [4.69, 9.17) is 4.74 Å². The van der Waals surface area contributed by atoms with Crippen molar-refractivity contribution in [2.75, 3.05) is 37.7 Å². The van der Waals surface area contributed by atoms with Crippen LogP contribution in [0.3, 0.4) is 0 Å². The topological polar surface area (TPSA) is 66.9 Å². The smallest absolute Gasteiger partial charge is 0.446 e. The summed E-state index contributed by atoms with van der Waals surface area (Å²) in [5.74, 6) is -2.00. The van der Waals surface area contributed by atoms with Gasteiger partial charge in [0.2, 0.25) is 0 Å². The third kappa shape index (κ3) is 6.70. The number of carbonyl (C=O) groups excluding carboxylic acids is 3. The number of hydrogen-bond donors (Lipinski definition) is 0. The van der Waals surface area contributed by atoms with Gasteiger partial charge < -0.3 is 14.5 Å². The van der Waals surface area contributed by atoms with Crippen molar-refractivity contribution in [1.82, 2.24) is 4.90 Å². The molecule has 11 heteroatoms. The molecule has 0 radical (unpaired) electrons. The predicted octanol–water partition coefficient (Wildman–Crippen LogP) is 4.15. The van der Waals surface area contributed by atoms with Crippen LogP contribution in [0.15, 0.2) is 47.4 Å². The second-order valence-electron chi connectivity index (χ2n) is 7.24. The zero-order chi connectivity index (χ0) is 24.2. The molecule has 0 atom stereocenters. The van der Waals surface area contributed by atoms with Crippen LogP contribution in [0.4, 0.5) is 23.2 Å². The third-order valence-corrected chi connectivity index (χ3v) is 5.72. The first kappa shape index (κ1) is 24.6. The van der Waals surface area contributed by atoms with E-state index in [1.165, 1.54) is 36.1 Å². The first-order valence-electron chi connectivity index (χ1n) is 9.89. The molecular formula is C22H20F4N2O4S. The molecule has 1 aliphatic rings. The van der Waals surface area contributed by atoms with Crippen molar-refractivity contribution >= 4 is 35.1 Å². The first-order chi connectivity index (χ1) is 15.5. The van der Waals surface area contributed by atoms with Gasteiger partial charge in [-0.15, -0.1) is 0 Å². The van der Waals surface area contributed by atoms with Crippen LogP contribution in [0, 0.1) is 5.82 Å². The van der Waals surface area contributed by atoms with E-state index in [-0.39, 0.29) is 46.7 Å². The van der Waals surface area contributed by atoms with Gasteiger partial charge in [-0.3, -0.25) is 9.59 Å². The van der Waals surface area contributed by atoms with Crippen LogP contribution in [0.25, 0.3) is 0 Å². The van der Waals surface area contributed by atoms with Crippen molar-refractivity contribution in [3.05, 3.63) is 59.4 Å². The number of amides is 1. The summed E-state index contributed by atoms with van der Waals surface area (Å²) in [6.07, 6.45) is 0. The molecule has 33 heavy (non-hydrogen) atoms. The number of carbonyl (C=O) groups is 3. The maximum absolute atomic E-state index is 14.3. The van der Waals surface area contributed by atoms with Gasteiger partial charge >= 0.3 is 11.5 Å². The van der Waals surface area contributed by atoms with Gasteiger partial charge in [0.15, 0.2) is 12.4 Å². The molecule has 0 saturated carbocycles. The number of benzene rings is 2. The molecule has 2 aromatic rings. The van der Waals surface area contributed by atoms with Gasteiger partial charge in [0.25, 0.3) is 5.91 Å². The highest BCUT2D eigenvalue weighted by atomic mass is 32.2. The Bertz CT molecular complexity index is 1040. The minimum atomic E-state index is -4.43. The van der Waals surface area contributed by atoms with E-state index in [9.17, 15) is 31.9 Å². The molecule has 0 unspecified atom stereocenters. The molecule has 3 rings (SSSR count). The van der Waals surface area contributed by atoms with Gasteiger partial charge in [0.05, 0.1) is 11.3 Å². The lowest BCUT2D eigenvalue weighted by Crippen LogP contribution is -2.50. The highest BCUT2D eigenvalue weighted by molar-refractivity contribution is 8.00. The number of thioether (sulfide) groups is 1. The van der Waals surface area contributed by atoms with Gasteiger partial charge in [-0.2, -0.15) is 13.2 Å². The van der Waals surface area contributed by atoms with Crippen LogP contribution in [0.2, 0.25) is 0 Å². The molecule has 1 fully saturated rings. The van der Waals surface area contributed by atoms with Crippen molar-refractivity contribution in [2.24, 2.45) is 0 Å². The van der Waals surface area contributed by atoms with Gasteiger partial charge in [-0.1, -0.05) is 0 Å². The Balaban J connectivity index is 1.48. The SMILES string of the molecule is CC(=O)c1ccc(N2CCN(C(=O)COC(=O)c3ccc(SC(F)(F)F)cc3)CC2)c(F)c1. The molecule has 0 spiro atoms. The number of ether oxygens (including phenoxy) is 1. The lowest BCUT2D eigenvalue weighted by molar-refractivity contribution is -0.134. The highest BCUT2D eigenvalue weighted by Gasteiger charge is 2.29. The quantitative estimate of drug-likeness (QED) is 0.266. The second-order valence-corrected chi connectivity index (χ2v) is 8.38. The van der Waals surface area contributed by atoms with Crippen LogP contribution in [0.1, 0.15) is 27.6 Å². The van der Waals surface area contributed by atoms with Crippen molar-refractivity contribution < 1.29 is 36.7 Å². The van der Waals surface area contributed by atoms with E-state index < -0.39 is 29.8 Å². The van der Waals surface area contributed by atoms with E-state index in [0.717, 1.165) is 12.1 Å². The summed E-state index contributed by atoms with van der Waals surface area (Å²) in [5, 5.41) is 0. The van der Waals surface area contributed by atoms with Crippen molar-refractivity contribution in [1.29, 1.82) is 0 Å². The summed E-state index contributed by atoms with van der Waals surface area (Å²) in [6, 6.07) is 8.96. The summed E-state index contributed by atoms with van der Waals surface area (Å²) < 4.78 is 56.4. The molecule has 1 aliphatic heterocycles. The Morgan fingerprint density at radius 2 is 1.58 bits per heavy atom. The second kappa shape index (κ2) is 10.2. The lowest BCUT2D eigenvalue weighted by Gasteiger charge is -2.36. The molecule has 0 aliphatic carbocycles. The van der Waals surface area contributed by atoms with E-state index in [0.29, 0.717) is 18.8 Å². The molecule has 0 bridgehead atoms. The molecular weight excluding hydrogens is 464 g/mol. The van der Waals surface area contributed by atoms with Crippen molar-refractivity contribution in [3.8, 4) is 0 Å². The molecule has 0 N–H and O–H groups in total. The maximum Gasteiger partial charge on any atom is 0.446 e. The summed E-state index contributed by atoms with van der Waals surface area (Å²) in [4.78, 5) is 39.0. The Kier molecular flexibility index (Phi) is 7.62. The van der Waals surface area contributed by atoms with E-state index >= 15 is 0 Å². The Hall–Kier alpha value is -3.08. The van der Waals surface area contributed by atoms with Gasteiger partial charge in [0, 0.05) is 36.6 Å². The number of nitrogens with zero attached hydrogens (tertiary/aromatic N) is 2. The minimum Gasteiger partial charge on any atom is -0.452 e. The van der Waals surface area contributed by atoms with Crippen LogP contribution < -0.4 is 4.90 Å². The molecule has 176 valence electrons. The lowest BCUT2D eigenvalue weighted by atomic mass is 10.1. The number of hydrogen-bond acceptors (Lipinski definition) is 6. The predicted molar refractivity (Wildman–Crippen MR) is 114 cm³/mol. The van der Waals surface area contributed by atoms with Crippen molar-refractivity contribution in [3.63, 3.8) is 0 Å². The fraction of sp³-hybridized carbons (Fsp3) is 0.318. The number of piperazine rings is 1. The Labute approximate surface area is 191 Å². The van der Waals surface area contributed by atoms with Gasteiger partial charge in [-0.25, -0.2) is 9.18 Å². The zero-order valence-electron chi connectivity index (χ0n) is 17.5. The normalized spacial score (nSPS) is 14.2. The molecule has 1 heterocycles. The number of esters is 1. The molecule has 1 amide bonds. The minimum absolute atomic E-state index is 0.0311. The number of rotatable bonds is 6. The van der Waals surface area contributed by atoms with Crippen LogP contribution >= 0.6 is 11.8 Å². The third-order valence-electron chi connectivity index (χ3n) is 4.98. The molecule has 0 aromatic heterocycles. The number of alkyl halides is 3. The summed E-state index contributed by atoms with van der Waals surface area (Å²) in [6.45, 7) is 2.12. The molecule has 1 saturated heterocycles. The number of Topliss-reactive ketones (excluding diaryl/α,β-unsaturated/α-hetero) is 1. The summed E-state index contributed by atoms with van der Waals surface area (Å²) >= 11 is -0.296. The molecule has 6 nitrogen and oxygen atoms in total. The zero-order valence-corrected chi connectivity index (χ0v) is 18.3. The number of ketones is 1. The maximum atomic E-state index is 14.3. The fourth-order valence-electron chi connectivity index (χ4n) is 3.27.